The number of sulfonamides is 1. The van der Waals surface area contributed by atoms with Gasteiger partial charge in [0.05, 0.1) is 12.0 Å². The fraction of sp³-hybridized carbons (Fsp3) is 0.409. The third-order valence-corrected chi connectivity index (χ3v) is 6.51. The van der Waals surface area contributed by atoms with Crippen molar-refractivity contribution in [2.75, 3.05) is 7.11 Å². The summed E-state index contributed by atoms with van der Waals surface area (Å²) in [6.07, 6.45) is 5.19. The predicted octanol–water partition coefficient (Wildman–Crippen LogP) is 5.40. The molecule has 0 bridgehead atoms. The van der Waals surface area contributed by atoms with Crippen LogP contribution in [-0.4, -0.2) is 21.5 Å². The first-order valence-electron chi connectivity index (χ1n) is 9.92. The number of nitrogens with one attached hydrogen (secondary N) is 1. The van der Waals surface area contributed by atoms with Gasteiger partial charge in [0, 0.05) is 17.5 Å². The van der Waals surface area contributed by atoms with Gasteiger partial charge >= 0.3 is 5.97 Å². The molecule has 0 aliphatic rings. The molecule has 2 rings (SSSR count). The van der Waals surface area contributed by atoms with E-state index in [4.69, 9.17) is 11.6 Å². The van der Waals surface area contributed by atoms with Crippen molar-refractivity contribution in [3.63, 3.8) is 0 Å². The molecule has 5 nitrogen and oxygen atoms in total. The van der Waals surface area contributed by atoms with E-state index in [9.17, 15) is 17.6 Å². The third-order valence-electron chi connectivity index (χ3n) is 4.77. The van der Waals surface area contributed by atoms with E-state index in [1.165, 1.54) is 43.5 Å². The highest BCUT2D eigenvalue weighted by Crippen LogP contribution is 2.24. The molecule has 2 aromatic carbocycles. The molecule has 30 heavy (non-hydrogen) atoms. The molecule has 1 atom stereocenters. The number of carbonyl (C=O) groups is 1. The lowest BCUT2D eigenvalue weighted by Gasteiger charge is -2.19. The van der Waals surface area contributed by atoms with Gasteiger partial charge in [-0.25, -0.2) is 17.5 Å². The van der Waals surface area contributed by atoms with Gasteiger partial charge in [0.25, 0.3) is 0 Å². The third kappa shape index (κ3) is 8.05. The minimum atomic E-state index is -3.78. The molecule has 0 fully saturated rings. The van der Waals surface area contributed by atoms with Crippen LogP contribution >= 0.6 is 11.6 Å². The summed E-state index contributed by atoms with van der Waals surface area (Å²) < 4.78 is 46.6. The Bertz CT molecular complexity index is 919. The van der Waals surface area contributed by atoms with Crippen molar-refractivity contribution in [3.8, 4) is 0 Å². The summed E-state index contributed by atoms with van der Waals surface area (Å²) in [5.74, 6) is -0.622. The molecule has 0 spiro atoms. The number of halogens is 2. The Morgan fingerprint density at radius 1 is 1.07 bits per heavy atom. The summed E-state index contributed by atoms with van der Waals surface area (Å²) in [6, 6.07) is 11.3. The molecule has 0 aliphatic heterocycles. The van der Waals surface area contributed by atoms with Gasteiger partial charge in [-0.05, 0) is 54.8 Å². The van der Waals surface area contributed by atoms with Crippen molar-refractivity contribution in [2.45, 2.75) is 55.9 Å². The lowest BCUT2D eigenvalue weighted by atomic mass is 10.0. The summed E-state index contributed by atoms with van der Waals surface area (Å²) >= 11 is 5.84. The molecule has 0 saturated carbocycles. The van der Waals surface area contributed by atoms with Gasteiger partial charge in [-0.3, -0.25) is 4.79 Å². The molecule has 2 aromatic rings. The number of benzene rings is 2. The largest absolute Gasteiger partial charge is 0.469 e. The number of esters is 1. The monoisotopic (exact) mass is 455 g/mol. The van der Waals surface area contributed by atoms with Crippen molar-refractivity contribution in [1.82, 2.24) is 4.72 Å². The molecule has 1 unspecified atom stereocenters. The Balaban J connectivity index is 1.98. The van der Waals surface area contributed by atoms with Gasteiger partial charge in [0.1, 0.15) is 5.82 Å². The topological polar surface area (TPSA) is 72.5 Å². The minimum absolute atomic E-state index is 0.108. The van der Waals surface area contributed by atoms with Crippen LogP contribution in [0.4, 0.5) is 4.39 Å². The second-order valence-electron chi connectivity index (χ2n) is 7.07. The maximum Gasteiger partial charge on any atom is 0.305 e. The van der Waals surface area contributed by atoms with Crippen LogP contribution < -0.4 is 4.72 Å². The highest BCUT2D eigenvalue weighted by molar-refractivity contribution is 7.89. The summed E-state index contributed by atoms with van der Waals surface area (Å²) in [5.41, 5.74) is 0.582. The zero-order valence-corrected chi connectivity index (χ0v) is 18.5. The molecule has 1 N–H and O–H groups in total. The summed E-state index contributed by atoms with van der Waals surface area (Å²) in [4.78, 5) is 11.2. The number of unbranched alkanes of at least 4 members (excludes halogenated alkanes) is 4. The number of ether oxygens (including phenoxy) is 1. The van der Waals surface area contributed by atoms with E-state index in [2.05, 4.69) is 9.46 Å². The summed E-state index contributed by atoms with van der Waals surface area (Å²) in [7, 11) is -2.41. The van der Waals surface area contributed by atoms with E-state index in [1.54, 1.807) is 12.1 Å². The van der Waals surface area contributed by atoms with E-state index in [1.807, 2.05) is 0 Å². The van der Waals surface area contributed by atoms with Gasteiger partial charge in [-0.15, -0.1) is 0 Å². The first-order chi connectivity index (χ1) is 14.3. The molecule has 0 heterocycles. The zero-order chi connectivity index (χ0) is 22.0. The standard InChI is InChI=1S/C22H27ClFNO4S/c1-29-22(26)11-6-4-2-3-5-10-21(17-8-7-9-19(24)16-17)25-30(27,28)20-14-12-18(23)13-15-20/h7-9,12-16,21,25H,2-6,10-11H2,1H3. The van der Waals surface area contributed by atoms with Crippen molar-refractivity contribution in [1.29, 1.82) is 0 Å². The van der Waals surface area contributed by atoms with Crippen LogP contribution in [0, 0.1) is 5.82 Å². The Hall–Kier alpha value is -1.96. The van der Waals surface area contributed by atoms with Gasteiger partial charge < -0.3 is 4.74 Å². The second-order valence-corrected chi connectivity index (χ2v) is 9.22. The molecule has 0 aliphatic carbocycles. The normalized spacial score (nSPS) is 12.5. The number of carbonyl (C=O) groups excluding carboxylic acids is 1. The maximum atomic E-state index is 13.7. The smallest absolute Gasteiger partial charge is 0.305 e. The highest BCUT2D eigenvalue weighted by atomic mass is 35.5. The molecule has 0 aromatic heterocycles. The molecular weight excluding hydrogens is 429 g/mol. The molecule has 0 radical (unpaired) electrons. The van der Waals surface area contributed by atoms with Gasteiger partial charge in [0.2, 0.25) is 10.0 Å². The number of methoxy groups -OCH3 is 1. The maximum absolute atomic E-state index is 13.7. The van der Waals surface area contributed by atoms with E-state index in [0.717, 1.165) is 32.1 Å². The Morgan fingerprint density at radius 3 is 2.40 bits per heavy atom. The van der Waals surface area contributed by atoms with Gasteiger partial charge in [-0.2, -0.15) is 0 Å². The van der Waals surface area contributed by atoms with Crippen LogP contribution in [0.25, 0.3) is 0 Å². The molecular formula is C22H27ClFNO4S. The Labute approximate surface area is 182 Å². The average Bonchev–Trinajstić information content (AvgIpc) is 2.72. The van der Waals surface area contributed by atoms with Gasteiger partial charge in [0.15, 0.2) is 0 Å². The second kappa shape index (κ2) is 12.0. The van der Waals surface area contributed by atoms with Crippen molar-refractivity contribution in [3.05, 3.63) is 64.9 Å². The van der Waals surface area contributed by atoms with E-state index in [-0.39, 0.29) is 10.9 Å². The molecule has 0 amide bonds. The number of hydrogen-bond donors (Lipinski definition) is 1. The molecule has 8 heteroatoms. The van der Waals surface area contributed by atoms with E-state index < -0.39 is 21.9 Å². The molecule has 164 valence electrons. The Morgan fingerprint density at radius 2 is 1.73 bits per heavy atom. The van der Waals surface area contributed by atoms with Crippen molar-refractivity contribution in [2.24, 2.45) is 0 Å². The zero-order valence-electron chi connectivity index (χ0n) is 16.9. The van der Waals surface area contributed by atoms with Crippen LogP contribution in [0.1, 0.15) is 56.6 Å². The van der Waals surface area contributed by atoms with Crippen LogP contribution in [0.15, 0.2) is 53.4 Å². The first-order valence-corrected chi connectivity index (χ1v) is 11.8. The lowest BCUT2D eigenvalue weighted by Crippen LogP contribution is -2.28. The minimum Gasteiger partial charge on any atom is -0.469 e. The highest BCUT2D eigenvalue weighted by Gasteiger charge is 2.21. The molecule has 0 saturated heterocycles. The number of hydrogen-bond acceptors (Lipinski definition) is 4. The van der Waals surface area contributed by atoms with Crippen molar-refractivity contribution >= 4 is 27.6 Å². The average molecular weight is 456 g/mol. The van der Waals surface area contributed by atoms with Crippen LogP contribution in [0.2, 0.25) is 5.02 Å². The SMILES string of the molecule is COC(=O)CCCCCCCC(NS(=O)(=O)c1ccc(Cl)cc1)c1cccc(F)c1. The van der Waals surface area contributed by atoms with Crippen LogP contribution in [0.3, 0.4) is 0 Å². The Kier molecular flexibility index (Phi) is 9.75. The summed E-state index contributed by atoms with van der Waals surface area (Å²) in [6.45, 7) is 0. The van der Waals surface area contributed by atoms with Crippen molar-refractivity contribution < 1.29 is 22.3 Å². The van der Waals surface area contributed by atoms with Crippen LogP contribution in [-0.2, 0) is 19.6 Å². The summed E-state index contributed by atoms with van der Waals surface area (Å²) in [5, 5.41) is 0.447. The van der Waals surface area contributed by atoms with Crippen LogP contribution in [0.5, 0.6) is 0 Å². The fourth-order valence-electron chi connectivity index (χ4n) is 3.14. The lowest BCUT2D eigenvalue weighted by molar-refractivity contribution is -0.140. The first kappa shape index (κ1) is 24.3. The van der Waals surface area contributed by atoms with E-state index >= 15 is 0 Å². The van der Waals surface area contributed by atoms with Gasteiger partial charge in [-0.1, -0.05) is 49.4 Å². The number of rotatable bonds is 12. The quantitative estimate of drug-likeness (QED) is 0.343. The fourth-order valence-corrected chi connectivity index (χ4v) is 4.52. The van der Waals surface area contributed by atoms with E-state index in [0.29, 0.717) is 23.4 Å². The predicted molar refractivity (Wildman–Crippen MR) is 115 cm³/mol.